The normalized spacial score (nSPS) is 12.3. The number of carbonyl (C=O) groups excluding carboxylic acids is 1. The third kappa shape index (κ3) is 3.10. The highest BCUT2D eigenvalue weighted by atomic mass is 16.5. The molecule has 1 aromatic rings. The molecular formula is C15H23NO2. The largest absolute Gasteiger partial charge is 0.383 e. The molecule has 0 aliphatic heterocycles. The molecule has 3 heteroatoms. The van der Waals surface area contributed by atoms with Gasteiger partial charge in [-0.25, -0.2) is 0 Å². The summed E-state index contributed by atoms with van der Waals surface area (Å²) >= 11 is 0. The van der Waals surface area contributed by atoms with Crippen LogP contribution in [0.5, 0.6) is 0 Å². The molecule has 0 aliphatic rings. The molecule has 1 amide bonds. The van der Waals surface area contributed by atoms with Crippen molar-refractivity contribution in [1.82, 2.24) is 0 Å². The zero-order valence-corrected chi connectivity index (χ0v) is 12.0. The van der Waals surface area contributed by atoms with Crippen molar-refractivity contribution in [3.63, 3.8) is 0 Å². The first-order valence-electron chi connectivity index (χ1n) is 6.40. The quantitative estimate of drug-likeness (QED) is 0.803. The zero-order chi connectivity index (χ0) is 13.7. The number of carbonyl (C=O) groups is 1. The molecule has 18 heavy (non-hydrogen) atoms. The summed E-state index contributed by atoms with van der Waals surface area (Å²) in [4.78, 5) is 13.8. The van der Waals surface area contributed by atoms with Crippen LogP contribution in [0.1, 0.15) is 31.9 Å². The number of anilines is 1. The SMILES string of the molecule is CCc1cccc(C)c1N(C(C)=O)[C@@H](C)COC. The van der Waals surface area contributed by atoms with Crippen LogP contribution >= 0.6 is 0 Å². The summed E-state index contributed by atoms with van der Waals surface area (Å²) in [5.74, 6) is 0.0588. The molecule has 1 rings (SSSR count). The summed E-state index contributed by atoms with van der Waals surface area (Å²) in [5.41, 5.74) is 3.37. The Hall–Kier alpha value is -1.35. The number of benzene rings is 1. The molecule has 0 saturated carbocycles. The standard InChI is InChI=1S/C15H23NO2/c1-6-14-9-7-8-11(2)15(14)16(13(4)17)12(3)10-18-5/h7-9,12H,6,10H2,1-5H3/t12-/m0/s1. The molecule has 0 spiro atoms. The van der Waals surface area contributed by atoms with E-state index in [-0.39, 0.29) is 11.9 Å². The Morgan fingerprint density at radius 1 is 1.44 bits per heavy atom. The molecule has 0 aliphatic carbocycles. The Kier molecular flexibility index (Phi) is 5.35. The van der Waals surface area contributed by atoms with Crippen LogP contribution in [-0.2, 0) is 16.0 Å². The first-order chi connectivity index (χ1) is 8.52. The number of aryl methyl sites for hydroxylation is 2. The second-order valence-electron chi connectivity index (χ2n) is 4.63. The Balaban J connectivity index is 3.25. The summed E-state index contributed by atoms with van der Waals surface area (Å²) in [7, 11) is 1.66. The van der Waals surface area contributed by atoms with Crippen LogP contribution in [-0.4, -0.2) is 25.7 Å². The van der Waals surface area contributed by atoms with E-state index >= 15 is 0 Å². The second-order valence-corrected chi connectivity index (χ2v) is 4.63. The van der Waals surface area contributed by atoms with Gasteiger partial charge < -0.3 is 9.64 Å². The van der Waals surface area contributed by atoms with E-state index in [4.69, 9.17) is 4.74 Å². The van der Waals surface area contributed by atoms with Gasteiger partial charge >= 0.3 is 0 Å². The molecule has 1 aromatic carbocycles. The predicted molar refractivity (Wildman–Crippen MR) is 75.1 cm³/mol. The van der Waals surface area contributed by atoms with Crippen LogP contribution in [0.4, 0.5) is 5.69 Å². The van der Waals surface area contributed by atoms with Crippen LogP contribution in [0.15, 0.2) is 18.2 Å². The van der Waals surface area contributed by atoms with E-state index in [0.717, 1.165) is 17.7 Å². The first kappa shape index (κ1) is 14.7. The van der Waals surface area contributed by atoms with Crippen LogP contribution in [0.3, 0.4) is 0 Å². The predicted octanol–water partition coefficient (Wildman–Crippen LogP) is 2.95. The van der Waals surface area contributed by atoms with Gasteiger partial charge in [0.25, 0.3) is 0 Å². The highest BCUT2D eigenvalue weighted by Crippen LogP contribution is 2.27. The lowest BCUT2D eigenvalue weighted by atomic mass is 10.0. The highest BCUT2D eigenvalue weighted by Gasteiger charge is 2.22. The lowest BCUT2D eigenvalue weighted by Gasteiger charge is -2.31. The highest BCUT2D eigenvalue weighted by molar-refractivity contribution is 5.93. The minimum absolute atomic E-state index is 0.0406. The average Bonchev–Trinajstić information content (AvgIpc) is 2.31. The van der Waals surface area contributed by atoms with E-state index in [0.29, 0.717) is 6.61 Å². The summed E-state index contributed by atoms with van der Waals surface area (Å²) in [6.45, 7) is 8.31. The van der Waals surface area contributed by atoms with Crippen molar-refractivity contribution in [3.05, 3.63) is 29.3 Å². The topological polar surface area (TPSA) is 29.5 Å². The molecule has 100 valence electrons. The zero-order valence-electron chi connectivity index (χ0n) is 12.0. The van der Waals surface area contributed by atoms with Crippen LogP contribution in [0, 0.1) is 6.92 Å². The third-order valence-electron chi connectivity index (χ3n) is 3.13. The van der Waals surface area contributed by atoms with Crippen molar-refractivity contribution in [2.24, 2.45) is 0 Å². The first-order valence-corrected chi connectivity index (χ1v) is 6.40. The fourth-order valence-electron chi connectivity index (χ4n) is 2.35. The van der Waals surface area contributed by atoms with Crippen LogP contribution in [0.25, 0.3) is 0 Å². The van der Waals surface area contributed by atoms with Gasteiger partial charge in [0.15, 0.2) is 0 Å². The van der Waals surface area contributed by atoms with E-state index in [1.807, 2.05) is 30.9 Å². The van der Waals surface area contributed by atoms with E-state index in [2.05, 4.69) is 13.0 Å². The number of nitrogens with zero attached hydrogens (tertiary/aromatic N) is 1. The van der Waals surface area contributed by atoms with Gasteiger partial charge in [0.05, 0.1) is 18.3 Å². The van der Waals surface area contributed by atoms with Crippen molar-refractivity contribution >= 4 is 11.6 Å². The minimum Gasteiger partial charge on any atom is -0.383 e. The number of methoxy groups -OCH3 is 1. The molecule has 0 heterocycles. The van der Waals surface area contributed by atoms with Gasteiger partial charge in [0.1, 0.15) is 0 Å². The van der Waals surface area contributed by atoms with E-state index in [1.165, 1.54) is 5.56 Å². The van der Waals surface area contributed by atoms with Gasteiger partial charge in [-0.05, 0) is 31.4 Å². The van der Waals surface area contributed by atoms with E-state index in [1.54, 1.807) is 14.0 Å². The number of para-hydroxylation sites is 1. The van der Waals surface area contributed by atoms with Crippen molar-refractivity contribution in [1.29, 1.82) is 0 Å². The summed E-state index contributed by atoms with van der Waals surface area (Å²) in [5, 5.41) is 0. The summed E-state index contributed by atoms with van der Waals surface area (Å²) in [6, 6.07) is 6.21. The molecule has 3 nitrogen and oxygen atoms in total. The fourth-order valence-corrected chi connectivity index (χ4v) is 2.35. The monoisotopic (exact) mass is 249 g/mol. The fraction of sp³-hybridized carbons (Fsp3) is 0.533. The lowest BCUT2D eigenvalue weighted by Crippen LogP contribution is -2.40. The third-order valence-corrected chi connectivity index (χ3v) is 3.13. The minimum atomic E-state index is 0.0406. The van der Waals surface area contributed by atoms with Gasteiger partial charge in [-0.1, -0.05) is 25.1 Å². The number of amides is 1. The van der Waals surface area contributed by atoms with E-state index in [9.17, 15) is 4.79 Å². The molecule has 0 radical (unpaired) electrons. The van der Waals surface area contributed by atoms with Crippen LogP contribution < -0.4 is 4.90 Å². The van der Waals surface area contributed by atoms with Crippen LogP contribution in [0.2, 0.25) is 0 Å². The number of hydrogen-bond acceptors (Lipinski definition) is 2. The molecule has 0 fully saturated rings. The number of rotatable bonds is 5. The van der Waals surface area contributed by atoms with Gasteiger partial charge in [0.2, 0.25) is 5.91 Å². The van der Waals surface area contributed by atoms with Gasteiger partial charge in [-0.3, -0.25) is 4.79 Å². The maximum absolute atomic E-state index is 12.0. The molecule has 0 aromatic heterocycles. The number of ether oxygens (including phenoxy) is 1. The molecule has 0 saturated heterocycles. The maximum Gasteiger partial charge on any atom is 0.224 e. The summed E-state index contributed by atoms with van der Waals surface area (Å²) in [6.07, 6.45) is 0.917. The molecular weight excluding hydrogens is 226 g/mol. The maximum atomic E-state index is 12.0. The van der Waals surface area contributed by atoms with Crippen molar-refractivity contribution in [2.45, 2.75) is 40.2 Å². The van der Waals surface area contributed by atoms with Gasteiger partial charge in [-0.15, -0.1) is 0 Å². The van der Waals surface area contributed by atoms with Crippen molar-refractivity contribution in [3.8, 4) is 0 Å². The Bertz CT molecular complexity index is 415. The molecule has 1 atom stereocenters. The Morgan fingerprint density at radius 2 is 2.11 bits per heavy atom. The molecule has 0 unspecified atom stereocenters. The van der Waals surface area contributed by atoms with Gasteiger partial charge in [0, 0.05) is 14.0 Å². The molecule has 0 N–H and O–H groups in total. The van der Waals surface area contributed by atoms with E-state index < -0.39 is 0 Å². The smallest absolute Gasteiger partial charge is 0.224 e. The average molecular weight is 249 g/mol. The second kappa shape index (κ2) is 6.55. The van der Waals surface area contributed by atoms with Gasteiger partial charge in [-0.2, -0.15) is 0 Å². The van der Waals surface area contributed by atoms with Crippen molar-refractivity contribution in [2.75, 3.05) is 18.6 Å². The Labute approximate surface area is 110 Å². The Morgan fingerprint density at radius 3 is 2.61 bits per heavy atom. The van der Waals surface area contributed by atoms with Crippen molar-refractivity contribution < 1.29 is 9.53 Å². The summed E-state index contributed by atoms with van der Waals surface area (Å²) < 4.78 is 5.18. The molecule has 0 bridgehead atoms. The number of hydrogen-bond donors (Lipinski definition) is 0. The lowest BCUT2D eigenvalue weighted by molar-refractivity contribution is -0.117.